The third kappa shape index (κ3) is 4.70. The fourth-order valence-corrected chi connectivity index (χ4v) is 4.34. The van der Waals surface area contributed by atoms with E-state index in [0.29, 0.717) is 16.4 Å². The zero-order valence-corrected chi connectivity index (χ0v) is 17.2. The van der Waals surface area contributed by atoms with E-state index in [0.717, 1.165) is 4.31 Å². The lowest BCUT2D eigenvalue weighted by atomic mass is 10.2. The van der Waals surface area contributed by atoms with E-state index in [9.17, 15) is 18.0 Å². The van der Waals surface area contributed by atoms with Crippen LogP contribution >= 0.6 is 11.3 Å². The van der Waals surface area contributed by atoms with Crippen LogP contribution in [-0.2, 0) is 19.6 Å². The summed E-state index contributed by atoms with van der Waals surface area (Å²) < 4.78 is 30.6. The number of methoxy groups -OCH3 is 1. The van der Waals surface area contributed by atoms with Crippen LogP contribution in [0.4, 0.5) is 5.13 Å². The predicted octanol–water partition coefficient (Wildman–Crippen LogP) is 2.18. The fraction of sp³-hybridized carbons (Fsp3) is 0.167. The molecule has 0 saturated heterocycles. The van der Waals surface area contributed by atoms with E-state index in [2.05, 4.69) is 20.0 Å². The van der Waals surface area contributed by atoms with Crippen LogP contribution in [0.3, 0.4) is 0 Å². The molecule has 29 heavy (non-hydrogen) atoms. The molecule has 2 heterocycles. The molecule has 2 N–H and O–H groups in total. The van der Waals surface area contributed by atoms with E-state index in [1.54, 1.807) is 35.8 Å². The number of carbonyl (C=O) groups excluding carboxylic acids is 2. The molecule has 2 aromatic heterocycles. The summed E-state index contributed by atoms with van der Waals surface area (Å²) in [5.74, 6) is -1.01. The molecular weight excluding hydrogens is 416 g/mol. The Balaban J connectivity index is 1.64. The number of hydrogen-bond donors (Lipinski definition) is 2. The van der Waals surface area contributed by atoms with Crippen LogP contribution in [0, 0.1) is 0 Å². The van der Waals surface area contributed by atoms with Gasteiger partial charge in [0.25, 0.3) is 0 Å². The number of nitrogens with one attached hydrogen (secondary N) is 2. The molecule has 3 aromatic rings. The van der Waals surface area contributed by atoms with E-state index in [1.165, 1.54) is 37.6 Å². The molecule has 11 heteroatoms. The van der Waals surface area contributed by atoms with Crippen molar-refractivity contribution in [2.45, 2.75) is 4.90 Å². The molecule has 3 rings (SSSR count). The van der Waals surface area contributed by atoms with Gasteiger partial charge in [-0.15, -0.1) is 11.3 Å². The van der Waals surface area contributed by atoms with Crippen LogP contribution in [0.1, 0.15) is 10.5 Å². The van der Waals surface area contributed by atoms with E-state index < -0.39 is 21.9 Å². The monoisotopic (exact) mass is 434 g/mol. The van der Waals surface area contributed by atoms with E-state index in [4.69, 9.17) is 0 Å². The number of rotatable bonds is 7. The maximum absolute atomic E-state index is 12.5. The highest BCUT2D eigenvalue weighted by Crippen LogP contribution is 2.25. The van der Waals surface area contributed by atoms with Gasteiger partial charge in [-0.05, 0) is 18.2 Å². The molecule has 9 nitrogen and oxygen atoms in total. The zero-order valence-electron chi connectivity index (χ0n) is 15.6. The first-order valence-electron chi connectivity index (χ1n) is 8.35. The maximum atomic E-state index is 12.5. The summed E-state index contributed by atoms with van der Waals surface area (Å²) in [5.41, 5.74) is 1.50. The van der Waals surface area contributed by atoms with Crippen LogP contribution in [0.15, 0.2) is 52.9 Å². The number of benzene rings is 1. The number of esters is 1. The Kier molecular flexibility index (Phi) is 6.11. The normalized spacial score (nSPS) is 11.4. The Morgan fingerprint density at radius 3 is 2.69 bits per heavy atom. The standard InChI is InChI=1S/C18H18N4O5S2/c1-22(29(25,26)13-6-4-3-5-7-13)10-16(23)21-18-20-15(11-28-18)12-8-14(19-9-12)17(24)27-2/h3-9,11,19H,10H2,1-2H3,(H,20,21,23). The second-order valence-corrected chi connectivity index (χ2v) is 8.86. The molecule has 1 aromatic carbocycles. The Morgan fingerprint density at radius 1 is 1.28 bits per heavy atom. The largest absolute Gasteiger partial charge is 0.464 e. The molecule has 0 atom stereocenters. The number of nitrogens with zero attached hydrogens (tertiary/aromatic N) is 2. The molecule has 0 fully saturated rings. The third-order valence-electron chi connectivity index (χ3n) is 3.95. The van der Waals surface area contributed by atoms with Gasteiger partial charge < -0.3 is 15.0 Å². The van der Waals surface area contributed by atoms with Crippen molar-refractivity contribution in [2.75, 3.05) is 26.0 Å². The first-order chi connectivity index (χ1) is 13.8. The second kappa shape index (κ2) is 8.55. The molecule has 0 spiro atoms. The molecule has 1 amide bonds. The Labute approximate surface area is 171 Å². The van der Waals surface area contributed by atoms with Gasteiger partial charge in [0, 0.05) is 24.2 Å². The average molecular weight is 434 g/mol. The van der Waals surface area contributed by atoms with E-state index in [-0.39, 0.29) is 17.1 Å². The van der Waals surface area contributed by atoms with Crippen LogP contribution in [0.2, 0.25) is 0 Å². The minimum absolute atomic E-state index is 0.112. The summed E-state index contributed by atoms with van der Waals surface area (Å²) in [7, 11) is -1.14. The highest BCUT2D eigenvalue weighted by Gasteiger charge is 2.23. The highest BCUT2D eigenvalue weighted by atomic mass is 32.2. The summed E-state index contributed by atoms with van der Waals surface area (Å²) >= 11 is 1.19. The summed E-state index contributed by atoms with van der Waals surface area (Å²) in [4.78, 5) is 31.0. The zero-order chi connectivity index (χ0) is 21.0. The van der Waals surface area contributed by atoms with Gasteiger partial charge in [-0.2, -0.15) is 4.31 Å². The van der Waals surface area contributed by atoms with Gasteiger partial charge in [0.2, 0.25) is 15.9 Å². The number of sulfonamides is 1. The first-order valence-corrected chi connectivity index (χ1v) is 10.7. The minimum Gasteiger partial charge on any atom is -0.464 e. The Morgan fingerprint density at radius 2 is 2.00 bits per heavy atom. The number of likely N-dealkylation sites (N-methyl/N-ethyl adjacent to an activating group) is 1. The first kappa shape index (κ1) is 20.7. The average Bonchev–Trinajstić information content (AvgIpc) is 3.37. The molecule has 0 aliphatic heterocycles. The lowest BCUT2D eigenvalue weighted by Crippen LogP contribution is -2.34. The number of aromatic nitrogens is 2. The summed E-state index contributed by atoms with van der Waals surface area (Å²) in [6, 6.07) is 9.47. The van der Waals surface area contributed by atoms with Crippen LogP contribution in [0.5, 0.6) is 0 Å². The molecular formula is C18H18N4O5S2. The number of ether oxygens (including phenoxy) is 1. The number of aromatic amines is 1. The lowest BCUT2D eigenvalue weighted by molar-refractivity contribution is -0.116. The SMILES string of the molecule is COC(=O)c1cc(-c2csc(NC(=O)CN(C)S(=O)(=O)c3ccccc3)n2)c[nH]1. The predicted molar refractivity (Wildman–Crippen MR) is 108 cm³/mol. The van der Waals surface area contributed by atoms with E-state index >= 15 is 0 Å². The van der Waals surface area contributed by atoms with Crippen molar-refractivity contribution in [3.05, 3.63) is 53.7 Å². The smallest absolute Gasteiger partial charge is 0.354 e. The molecule has 0 aliphatic rings. The van der Waals surface area contributed by atoms with E-state index in [1.807, 2.05) is 0 Å². The molecule has 0 bridgehead atoms. The number of thiazole rings is 1. The number of hydrogen-bond acceptors (Lipinski definition) is 7. The quantitative estimate of drug-likeness (QED) is 0.550. The number of anilines is 1. The Bertz CT molecular complexity index is 1120. The van der Waals surface area contributed by atoms with Crippen molar-refractivity contribution in [3.63, 3.8) is 0 Å². The van der Waals surface area contributed by atoms with Crippen molar-refractivity contribution >= 4 is 38.4 Å². The Hall–Kier alpha value is -3.02. The van der Waals surface area contributed by atoms with Crippen molar-refractivity contribution in [3.8, 4) is 11.3 Å². The van der Waals surface area contributed by atoms with Crippen molar-refractivity contribution in [1.29, 1.82) is 0 Å². The number of H-pyrrole nitrogens is 1. The second-order valence-electron chi connectivity index (χ2n) is 5.95. The van der Waals surface area contributed by atoms with Gasteiger partial charge in [-0.25, -0.2) is 18.2 Å². The third-order valence-corrected chi connectivity index (χ3v) is 6.53. The topological polar surface area (TPSA) is 121 Å². The summed E-state index contributed by atoms with van der Waals surface area (Å²) in [6.45, 7) is -0.358. The van der Waals surface area contributed by atoms with Crippen LogP contribution < -0.4 is 5.32 Å². The van der Waals surface area contributed by atoms with Crippen molar-refractivity contribution < 1.29 is 22.7 Å². The fourth-order valence-electron chi connectivity index (χ4n) is 2.45. The van der Waals surface area contributed by atoms with Gasteiger partial charge in [0.15, 0.2) is 5.13 Å². The minimum atomic E-state index is -3.76. The highest BCUT2D eigenvalue weighted by molar-refractivity contribution is 7.89. The number of carbonyl (C=O) groups is 2. The molecule has 0 unspecified atom stereocenters. The van der Waals surface area contributed by atoms with Gasteiger partial charge in [-0.3, -0.25) is 4.79 Å². The van der Waals surface area contributed by atoms with Gasteiger partial charge in [0.1, 0.15) is 5.69 Å². The molecule has 152 valence electrons. The maximum Gasteiger partial charge on any atom is 0.354 e. The summed E-state index contributed by atoms with van der Waals surface area (Å²) in [5, 5.41) is 4.62. The van der Waals surface area contributed by atoms with Gasteiger partial charge in [0.05, 0.1) is 24.2 Å². The van der Waals surface area contributed by atoms with Crippen molar-refractivity contribution in [1.82, 2.24) is 14.3 Å². The molecule has 0 radical (unpaired) electrons. The molecule has 0 saturated carbocycles. The molecule has 0 aliphatic carbocycles. The lowest BCUT2D eigenvalue weighted by Gasteiger charge is -2.16. The van der Waals surface area contributed by atoms with Crippen LogP contribution in [0.25, 0.3) is 11.3 Å². The van der Waals surface area contributed by atoms with Gasteiger partial charge >= 0.3 is 5.97 Å². The van der Waals surface area contributed by atoms with Gasteiger partial charge in [-0.1, -0.05) is 18.2 Å². The number of amides is 1. The van der Waals surface area contributed by atoms with Crippen LogP contribution in [-0.4, -0.2) is 55.3 Å². The van der Waals surface area contributed by atoms with Crippen molar-refractivity contribution in [2.24, 2.45) is 0 Å². The summed E-state index contributed by atoms with van der Waals surface area (Å²) in [6.07, 6.45) is 1.60.